The lowest BCUT2D eigenvalue weighted by molar-refractivity contribution is 0.102. The summed E-state index contributed by atoms with van der Waals surface area (Å²) in [4.78, 5) is 12.4. The molecule has 0 fully saturated rings. The largest absolute Gasteiger partial charge is 0.305 e. The molecule has 3 rings (SSSR count). The summed E-state index contributed by atoms with van der Waals surface area (Å²) in [6, 6.07) is 12.3. The van der Waals surface area contributed by atoms with Gasteiger partial charge in [0.15, 0.2) is 5.82 Å². The molecule has 9 heteroatoms. The van der Waals surface area contributed by atoms with Gasteiger partial charge in [-0.3, -0.25) is 4.79 Å². The van der Waals surface area contributed by atoms with Crippen molar-refractivity contribution in [2.45, 2.75) is 13.5 Å². The Morgan fingerprint density at radius 3 is 2.62 bits per heavy atom. The standard InChI is InChI=1S/C17H17BrN4O3S/c1-2-26(24,25)19-10-12-3-5-13(6-4-12)17(23)20-16-9-15-8-7-14(18)11-22(15)21-16/h3-9,11,19H,2,10H2,1H3,(H,20,21,23). The van der Waals surface area contributed by atoms with E-state index in [1.54, 1.807) is 48.0 Å². The Kier molecular flexibility index (Phi) is 5.40. The van der Waals surface area contributed by atoms with Crippen LogP contribution in [0.3, 0.4) is 0 Å². The van der Waals surface area contributed by atoms with E-state index >= 15 is 0 Å². The summed E-state index contributed by atoms with van der Waals surface area (Å²) in [7, 11) is -3.24. The number of hydrogen-bond acceptors (Lipinski definition) is 4. The number of pyridine rings is 1. The molecule has 0 spiro atoms. The summed E-state index contributed by atoms with van der Waals surface area (Å²) in [5.74, 6) is 0.198. The van der Waals surface area contributed by atoms with Crippen molar-refractivity contribution in [1.82, 2.24) is 14.3 Å². The van der Waals surface area contributed by atoms with Gasteiger partial charge in [-0.2, -0.15) is 0 Å². The molecule has 0 aliphatic heterocycles. The number of hydrogen-bond donors (Lipinski definition) is 2. The maximum Gasteiger partial charge on any atom is 0.256 e. The molecule has 2 N–H and O–H groups in total. The molecular weight excluding hydrogens is 420 g/mol. The van der Waals surface area contributed by atoms with Crippen molar-refractivity contribution in [3.8, 4) is 0 Å². The Labute approximate surface area is 159 Å². The second kappa shape index (κ2) is 7.56. The van der Waals surface area contributed by atoms with Gasteiger partial charge in [-0.1, -0.05) is 12.1 Å². The van der Waals surface area contributed by atoms with E-state index in [-0.39, 0.29) is 18.2 Å². The van der Waals surface area contributed by atoms with Gasteiger partial charge >= 0.3 is 0 Å². The molecule has 2 aromatic heterocycles. The fourth-order valence-electron chi connectivity index (χ4n) is 2.28. The van der Waals surface area contributed by atoms with E-state index in [4.69, 9.17) is 0 Å². The zero-order chi connectivity index (χ0) is 18.7. The Hall–Kier alpha value is -2.23. The van der Waals surface area contributed by atoms with Crippen LogP contribution in [0.25, 0.3) is 5.52 Å². The van der Waals surface area contributed by atoms with Gasteiger partial charge in [-0.15, -0.1) is 5.10 Å². The molecule has 1 amide bonds. The topological polar surface area (TPSA) is 92.6 Å². The van der Waals surface area contributed by atoms with Gasteiger partial charge in [0.2, 0.25) is 10.0 Å². The van der Waals surface area contributed by atoms with Crippen molar-refractivity contribution in [3.05, 3.63) is 64.3 Å². The van der Waals surface area contributed by atoms with Crippen LogP contribution in [0.2, 0.25) is 0 Å². The van der Waals surface area contributed by atoms with Crippen molar-refractivity contribution >= 4 is 43.2 Å². The average Bonchev–Trinajstić information content (AvgIpc) is 3.01. The fourth-order valence-corrected chi connectivity index (χ4v) is 3.20. The highest BCUT2D eigenvalue weighted by molar-refractivity contribution is 9.10. The van der Waals surface area contributed by atoms with E-state index in [1.165, 1.54) is 0 Å². The predicted octanol–water partition coefficient (Wildman–Crippen LogP) is 2.79. The molecule has 136 valence electrons. The van der Waals surface area contributed by atoms with E-state index < -0.39 is 10.0 Å². The number of carbonyl (C=O) groups excluding carboxylic acids is 1. The van der Waals surface area contributed by atoms with Crippen molar-refractivity contribution in [2.75, 3.05) is 11.1 Å². The van der Waals surface area contributed by atoms with Gasteiger partial charge in [0.25, 0.3) is 5.91 Å². The van der Waals surface area contributed by atoms with Gasteiger partial charge in [0.1, 0.15) is 0 Å². The number of fused-ring (bicyclic) bond motifs is 1. The number of sulfonamides is 1. The Balaban J connectivity index is 1.67. The molecule has 0 saturated heterocycles. The molecule has 2 heterocycles. The molecule has 1 aromatic carbocycles. The zero-order valence-corrected chi connectivity index (χ0v) is 16.3. The third-order valence-electron chi connectivity index (χ3n) is 3.76. The van der Waals surface area contributed by atoms with Gasteiger partial charge in [0, 0.05) is 28.8 Å². The number of nitrogens with one attached hydrogen (secondary N) is 2. The van der Waals surface area contributed by atoms with Crippen LogP contribution in [0, 0.1) is 0 Å². The number of halogens is 1. The van der Waals surface area contributed by atoms with Gasteiger partial charge in [-0.05, 0) is 52.7 Å². The minimum Gasteiger partial charge on any atom is -0.305 e. The van der Waals surface area contributed by atoms with Crippen molar-refractivity contribution < 1.29 is 13.2 Å². The first kappa shape index (κ1) is 18.6. The quantitative estimate of drug-likeness (QED) is 0.621. The minimum absolute atomic E-state index is 0.0308. The number of rotatable bonds is 6. The molecule has 0 bridgehead atoms. The number of anilines is 1. The normalized spacial score (nSPS) is 11.6. The molecule has 0 radical (unpaired) electrons. The summed E-state index contributed by atoms with van der Waals surface area (Å²) in [5, 5.41) is 7.05. The Bertz CT molecular complexity index is 1050. The molecular formula is C17H17BrN4O3S. The molecule has 26 heavy (non-hydrogen) atoms. The number of aromatic nitrogens is 2. The highest BCUT2D eigenvalue weighted by Gasteiger charge is 2.10. The van der Waals surface area contributed by atoms with E-state index in [0.29, 0.717) is 11.4 Å². The summed E-state index contributed by atoms with van der Waals surface area (Å²) < 4.78 is 28.0. The second-order valence-electron chi connectivity index (χ2n) is 5.62. The molecule has 0 saturated carbocycles. The minimum atomic E-state index is -3.24. The van der Waals surface area contributed by atoms with Crippen LogP contribution < -0.4 is 10.0 Å². The lowest BCUT2D eigenvalue weighted by Gasteiger charge is -2.06. The summed E-state index contributed by atoms with van der Waals surface area (Å²) in [6.45, 7) is 1.77. The Morgan fingerprint density at radius 1 is 1.19 bits per heavy atom. The monoisotopic (exact) mass is 436 g/mol. The van der Waals surface area contributed by atoms with E-state index in [0.717, 1.165) is 15.6 Å². The van der Waals surface area contributed by atoms with Crippen LogP contribution in [-0.4, -0.2) is 29.7 Å². The van der Waals surface area contributed by atoms with Gasteiger partial charge < -0.3 is 5.32 Å². The van der Waals surface area contributed by atoms with Crippen LogP contribution in [0.1, 0.15) is 22.8 Å². The first-order valence-electron chi connectivity index (χ1n) is 7.89. The van der Waals surface area contributed by atoms with E-state index in [2.05, 4.69) is 31.1 Å². The molecule has 0 aliphatic rings. The average molecular weight is 437 g/mol. The number of carbonyl (C=O) groups is 1. The second-order valence-corrected chi connectivity index (χ2v) is 8.63. The van der Waals surface area contributed by atoms with Crippen LogP contribution in [0.4, 0.5) is 5.82 Å². The van der Waals surface area contributed by atoms with Crippen molar-refractivity contribution in [3.63, 3.8) is 0 Å². The van der Waals surface area contributed by atoms with Gasteiger partial charge in [-0.25, -0.2) is 17.7 Å². The SMILES string of the molecule is CCS(=O)(=O)NCc1ccc(C(=O)Nc2cc3ccc(Br)cn3n2)cc1. The number of nitrogens with zero attached hydrogens (tertiary/aromatic N) is 2. The highest BCUT2D eigenvalue weighted by Crippen LogP contribution is 2.16. The third kappa shape index (κ3) is 4.48. The van der Waals surface area contributed by atoms with E-state index in [1.807, 2.05) is 12.1 Å². The third-order valence-corrected chi connectivity index (χ3v) is 5.57. The highest BCUT2D eigenvalue weighted by atomic mass is 79.9. The zero-order valence-electron chi connectivity index (χ0n) is 13.9. The fraction of sp³-hybridized carbons (Fsp3) is 0.176. The van der Waals surface area contributed by atoms with Crippen LogP contribution in [-0.2, 0) is 16.6 Å². The summed E-state index contributed by atoms with van der Waals surface area (Å²) in [6.07, 6.45) is 1.80. The number of benzene rings is 1. The number of amides is 1. The van der Waals surface area contributed by atoms with Crippen LogP contribution in [0.5, 0.6) is 0 Å². The first-order valence-corrected chi connectivity index (χ1v) is 10.3. The maximum atomic E-state index is 12.4. The molecule has 0 aliphatic carbocycles. The smallest absolute Gasteiger partial charge is 0.256 e. The molecule has 0 unspecified atom stereocenters. The first-order chi connectivity index (χ1) is 12.4. The van der Waals surface area contributed by atoms with Gasteiger partial charge in [0.05, 0.1) is 11.3 Å². The maximum absolute atomic E-state index is 12.4. The van der Waals surface area contributed by atoms with E-state index in [9.17, 15) is 13.2 Å². The van der Waals surface area contributed by atoms with Crippen LogP contribution >= 0.6 is 15.9 Å². The summed E-state index contributed by atoms with van der Waals surface area (Å²) >= 11 is 3.37. The molecule has 0 atom stereocenters. The Morgan fingerprint density at radius 2 is 1.92 bits per heavy atom. The van der Waals surface area contributed by atoms with Crippen molar-refractivity contribution in [2.24, 2.45) is 0 Å². The van der Waals surface area contributed by atoms with Crippen molar-refractivity contribution in [1.29, 1.82) is 0 Å². The lowest BCUT2D eigenvalue weighted by Crippen LogP contribution is -2.24. The molecule has 3 aromatic rings. The predicted molar refractivity (Wildman–Crippen MR) is 104 cm³/mol. The molecule has 7 nitrogen and oxygen atoms in total. The van der Waals surface area contributed by atoms with Crippen LogP contribution in [0.15, 0.2) is 53.1 Å². The summed E-state index contributed by atoms with van der Waals surface area (Å²) in [5.41, 5.74) is 2.10. The lowest BCUT2D eigenvalue weighted by atomic mass is 10.1.